The summed E-state index contributed by atoms with van der Waals surface area (Å²) in [4.78, 5) is 16.5. The highest BCUT2D eigenvalue weighted by molar-refractivity contribution is 7.09. The van der Waals surface area contributed by atoms with Crippen LogP contribution in [0.4, 0.5) is 5.69 Å². The molecule has 0 bridgehead atoms. The Labute approximate surface area is 139 Å². The van der Waals surface area contributed by atoms with Crippen LogP contribution < -0.4 is 20.5 Å². The number of hydrogen-bond donors (Lipinski definition) is 2. The Kier molecular flexibility index (Phi) is 6.37. The van der Waals surface area contributed by atoms with Crippen LogP contribution in [0.1, 0.15) is 35.3 Å². The number of amides is 1. The van der Waals surface area contributed by atoms with Gasteiger partial charge in [-0.25, -0.2) is 4.98 Å². The molecular weight excluding hydrogens is 314 g/mol. The molecule has 0 unspecified atom stereocenters. The molecule has 3 N–H and O–H groups in total. The zero-order chi connectivity index (χ0) is 16.7. The van der Waals surface area contributed by atoms with Gasteiger partial charge in [0.25, 0.3) is 5.91 Å². The molecule has 23 heavy (non-hydrogen) atoms. The number of rotatable bonds is 8. The van der Waals surface area contributed by atoms with Gasteiger partial charge in [0.15, 0.2) is 0 Å². The third kappa shape index (κ3) is 4.67. The second kappa shape index (κ2) is 8.50. The molecule has 2 aromatic rings. The second-order valence-corrected chi connectivity index (χ2v) is 5.79. The van der Waals surface area contributed by atoms with E-state index in [1.807, 2.05) is 0 Å². The lowest BCUT2D eigenvalue weighted by atomic mass is 10.2. The van der Waals surface area contributed by atoms with Gasteiger partial charge in [-0.05, 0) is 18.6 Å². The Morgan fingerprint density at radius 3 is 2.91 bits per heavy atom. The van der Waals surface area contributed by atoms with E-state index >= 15 is 0 Å². The number of methoxy groups -OCH3 is 1. The van der Waals surface area contributed by atoms with Crippen LogP contribution in [0, 0.1) is 0 Å². The average Bonchev–Trinajstić information content (AvgIpc) is 3.05. The quantitative estimate of drug-likeness (QED) is 0.724. The van der Waals surface area contributed by atoms with Gasteiger partial charge in [-0.15, -0.1) is 11.3 Å². The number of anilines is 1. The highest BCUT2D eigenvalue weighted by Gasteiger charge is 2.14. The zero-order valence-electron chi connectivity index (χ0n) is 13.3. The van der Waals surface area contributed by atoms with Gasteiger partial charge in [-0.3, -0.25) is 4.79 Å². The number of nitrogens with zero attached hydrogens (tertiary/aromatic N) is 1. The van der Waals surface area contributed by atoms with Crippen LogP contribution in [0.15, 0.2) is 23.6 Å². The Hall–Kier alpha value is -2.12. The number of carbonyl (C=O) groups excluding carboxylic acids is 1. The van der Waals surface area contributed by atoms with E-state index in [-0.39, 0.29) is 5.91 Å². The van der Waals surface area contributed by atoms with E-state index in [1.54, 1.807) is 30.7 Å². The van der Waals surface area contributed by atoms with Gasteiger partial charge in [0.1, 0.15) is 22.2 Å². The summed E-state index contributed by atoms with van der Waals surface area (Å²) in [6, 6.07) is 5.32. The minimum absolute atomic E-state index is 0.297. The van der Waals surface area contributed by atoms with Crippen LogP contribution in [0.3, 0.4) is 0 Å². The van der Waals surface area contributed by atoms with Crippen molar-refractivity contribution >= 4 is 22.9 Å². The fourth-order valence-corrected chi connectivity index (χ4v) is 2.54. The number of carbonyl (C=O) groups is 1. The van der Waals surface area contributed by atoms with Gasteiger partial charge in [0, 0.05) is 18.0 Å². The third-order valence-corrected chi connectivity index (χ3v) is 4.02. The Morgan fingerprint density at radius 1 is 1.43 bits per heavy atom. The van der Waals surface area contributed by atoms with Crippen molar-refractivity contribution in [2.24, 2.45) is 5.73 Å². The van der Waals surface area contributed by atoms with Crippen molar-refractivity contribution in [2.45, 2.75) is 26.3 Å². The predicted molar refractivity (Wildman–Crippen MR) is 91.4 cm³/mol. The van der Waals surface area contributed by atoms with Crippen molar-refractivity contribution in [3.05, 3.63) is 34.3 Å². The lowest BCUT2D eigenvalue weighted by Gasteiger charge is -2.13. The molecule has 0 spiro atoms. The van der Waals surface area contributed by atoms with Gasteiger partial charge >= 0.3 is 0 Å². The molecule has 0 fully saturated rings. The fraction of sp³-hybridized carbons (Fsp3) is 0.375. The SMILES string of the molecule is CCCCOc1ccc(OC)cc1NC(=O)c1csc(CN)n1. The van der Waals surface area contributed by atoms with E-state index in [9.17, 15) is 4.79 Å². The van der Waals surface area contributed by atoms with Crippen molar-refractivity contribution < 1.29 is 14.3 Å². The summed E-state index contributed by atoms with van der Waals surface area (Å²) in [6.07, 6.45) is 1.99. The van der Waals surface area contributed by atoms with E-state index in [0.29, 0.717) is 36.0 Å². The minimum atomic E-state index is -0.297. The second-order valence-electron chi connectivity index (χ2n) is 4.85. The van der Waals surface area contributed by atoms with Crippen LogP contribution in [-0.2, 0) is 6.54 Å². The maximum Gasteiger partial charge on any atom is 0.275 e. The molecule has 0 saturated heterocycles. The first-order chi connectivity index (χ1) is 11.2. The van der Waals surface area contributed by atoms with E-state index in [0.717, 1.165) is 17.8 Å². The molecule has 0 atom stereocenters. The molecule has 0 aliphatic carbocycles. The van der Waals surface area contributed by atoms with Crippen molar-refractivity contribution in [1.82, 2.24) is 4.98 Å². The summed E-state index contributed by atoms with van der Waals surface area (Å²) in [7, 11) is 1.58. The van der Waals surface area contributed by atoms with Gasteiger partial charge < -0.3 is 20.5 Å². The Balaban J connectivity index is 2.16. The summed E-state index contributed by atoms with van der Waals surface area (Å²) in [5.74, 6) is 0.959. The first-order valence-corrected chi connectivity index (χ1v) is 8.32. The molecule has 2 rings (SSSR count). The molecule has 1 aromatic carbocycles. The molecule has 1 amide bonds. The zero-order valence-corrected chi connectivity index (χ0v) is 14.1. The number of aromatic nitrogens is 1. The molecule has 7 heteroatoms. The van der Waals surface area contributed by atoms with Crippen LogP contribution in [0.5, 0.6) is 11.5 Å². The predicted octanol–water partition coefficient (Wildman–Crippen LogP) is 3.04. The maximum absolute atomic E-state index is 12.3. The number of unbranched alkanes of at least 4 members (excludes halogenated alkanes) is 1. The molecular formula is C16H21N3O3S. The third-order valence-electron chi connectivity index (χ3n) is 3.15. The highest BCUT2D eigenvalue weighted by Crippen LogP contribution is 2.30. The number of nitrogens with one attached hydrogen (secondary N) is 1. The minimum Gasteiger partial charge on any atom is -0.497 e. The lowest BCUT2D eigenvalue weighted by molar-refractivity contribution is 0.102. The Bertz CT molecular complexity index is 658. The van der Waals surface area contributed by atoms with E-state index in [2.05, 4.69) is 17.2 Å². The molecule has 0 aliphatic rings. The molecule has 6 nitrogen and oxygen atoms in total. The van der Waals surface area contributed by atoms with Gasteiger partial charge in [0.05, 0.1) is 19.4 Å². The van der Waals surface area contributed by atoms with E-state index < -0.39 is 0 Å². The first-order valence-electron chi connectivity index (χ1n) is 7.44. The summed E-state index contributed by atoms with van der Waals surface area (Å²) in [5.41, 5.74) is 6.43. The van der Waals surface area contributed by atoms with Crippen molar-refractivity contribution in [3.8, 4) is 11.5 Å². The monoisotopic (exact) mass is 335 g/mol. The van der Waals surface area contributed by atoms with E-state index in [1.165, 1.54) is 11.3 Å². The summed E-state index contributed by atoms with van der Waals surface area (Å²) in [5, 5.41) is 5.24. The number of thiazole rings is 1. The van der Waals surface area contributed by atoms with Crippen LogP contribution in [0.25, 0.3) is 0 Å². The summed E-state index contributed by atoms with van der Waals surface area (Å²) < 4.78 is 10.9. The molecule has 0 aliphatic heterocycles. The molecule has 0 saturated carbocycles. The van der Waals surface area contributed by atoms with Crippen molar-refractivity contribution in [1.29, 1.82) is 0 Å². The van der Waals surface area contributed by atoms with Crippen LogP contribution in [-0.4, -0.2) is 24.6 Å². The molecule has 124 valence electrons. The van der Waals surface area contributed by atoms with Gasteiger partial charge in [-0.1, -0.05) is 13.3 Å². The standard InChI is InChI=1S/C16H21N3O3S/c1-3-4-7-22-14-6-5-11(21-2)8-12(14)19-16(20)13-10-23-15(9-17)18-13/h5-6,8,10H,3-4,7,9,17H2,1-2H3,(H,19,20). The van der Waals surface area contributed by atoms with Gasteiger partial charge in [0.2, 0.25) is 0 Å². The average molecular weight is 335 g/mol. The highest BCUT2D eigenvalue weighted by atomic mass is 32.1. The molecule has 0 radical (unpaired) electrons. The van der Waals surface area contributed by atoms with Crippen LogP contribution in [0.2, 0.25) is 0 Å². The van der Waals surface area contributed by atoms with Crippen molar-refractivity contribution in [3.63, 3.8) is 0 Å². The summed E-state index contributed by atoms with van der Waals surface area (Å²) >= 11 is 1.36. The smallest absolute Gasteiger partial charge is 0.275 e. The van der Waals surface area contributed by atoms with Gasteiger partial charge in [-0.2, -0.15) is 0 Å². The maximum atomic E-state index is 12.3. The largest absolute Gasteiger partial charge is 0.497 e. The number of benzene rings is 1. The van der Waals surface area contributed by atoms with Crippen LogP contribution >= 0.6 is 11.3 Å². The molecule has 1 heterocycles. The summed E-state index contributed by atoms with van der Waals surface area (Å²) in [6.45, 7) is 3.01. The number of hydrogen-bond acceptors (Lipinski definition) is 6. The fourth-order valence-electron chi connectivity index (χ4n) is 1.88. The lowest BCUT2D eigenvalue weighted by Crippen LogP contribution is -2.14. The molecule has 1 aromatic heterocycles. The first kappa shape index (κ1) is 17.2. The Morgan fingerprint density at radius 2 is 2.26 bits per heavy atom. The van der Waals surface area contributed by atoms with E-state index in [4.69, 9.17) is 15.2 Å². The normalized spacial score (nSPS) is 10.4. The number of nitrogens with two attached hydrogens (primary N) is 1. The number of ether oxygens (including phenoxy) is 2. The van der Waals surface area contributed by atoms with Crippen molar-refractivity contribution in [2.75, 3.05) is 19.0 Å². The topological polar surface area (TPSA) is 86.5 Å².